The Balaban J connectivity index is 1.37. The smallest absolute Gasteiger partial charge is 0.273 e. The second-order valence-corrected chi connectivity index (χ2v) is 9.95. The first-order valence-corrected chi connectivity index (χ1v) is 13.3. The number of benzene rings is 3. The summed E-state index contributed by atoms with van der Waals surface area (Å²) in [6.07, 6.45) is 3.10. The third-order valence-corrected chi connectivity index (χ3v) is 7.15. The Morgan fingerprint density at radius 3 is 2.43 bits per heavy atom. The van der Waals surface area contributed by atoms with Gasteiger partial charge in [0.25, 0.3) is 5.91 Å². The zero-order valence-corrected chi connectivity index (χ0v) is 21.7. The second kappa shape index (κ2) is 11.3. The zero-order valence-electron chi connectivity index (χ0n) is 20.8. The van der Waals surface area contributed by atoms with Crippen LogP contribution in [0.5, 0.6) is 0 Å². The van der Waals surface area contributed by atoms with E-state index in [1.807, 2.05) is 84.2 Å². The molecule has 0 radical (unpaired) electrons. The molecule has 7 heteroatoms. The number of carbonyl (C=O) groups is 1. The molecule has 5 rings (SSSR count). The van der Waals surface area contributed by atoms with Gasteiger partial charge in [-0.1, -0.05) is 72.2 Å². The van der Waals surface area contributed by atoms with Gasteiger partial charge in [0.15, 0.2) is 11.5 Å². The number of nitrogens with zero attached hydrogens (tertiary/aromatic N) is 3. The van der Waals surface area contributed by atoms with Crippen LogP contribution < -0.4 is 5.32 Å². The van der Waals surface area contributed by atoms with Gasteiger partial charge in [0, 0.05) is 40.4 Å². The lowest BCUT2D eigenvalue weighted by molar-refractivity contribution is 0.0942. The Kier molecular flexibility index (Phi) is 7.51. The lowest BCUT2D eigenvalue weighted by Gasteiger charge is -2.05. The number of hydrogen-bond acceptors (Lipinski definition) is 5. The molecule has 0 fully saturated rings. The molecular formula is C30H28N4O2S. The highest BCUT2D eigenvalue weighted by Crippen LogP contribution is 2.27. The van der Waals surface area contributed by atoms with Crippen LogP contribution >= 0.6 is 11.8 Å². The van der Waals surface area contributed by atoms with Crippen LogP contribution in [0.25, 0.3) is 28.3 Å². The minimum atomic E-state index is -0.299. The average molecular weight is 509 g/mol. The number of rotatable bonds is 9. The van der Waals surface area contributed by atoms with E-state index in [-0.39, 0.29) is 11.6 Å². The number of thioether (sulfide) groups is 1. The Labute approximate surface area is 220 Å². The van der Waals surface area contributed by atoms with Crippen molar-refractivity contribution in [2.24, 2.45) is 0 Å². The van der Waals surface area contributed by atoms with E-state index in [9.17, 15) is 4.79 Å². The molecule has 2 aromatic heterocycles. The van der Waals surface area contributed by atoms with E-state index in [1.54, 1.807) is 6.07 Å². The average Bonchev–Trinajstić information content (AvgIpc) is 3.60. The normalized spacial score (nSPS) is 11.0. The van der Waals surface area contributed by atoms with Crippen LogP contribution in [-0.2, 0) is 6.54 Å². The quantitative estimate of drug-likeness (QED) is 0.218. The summed E-state index contributed by atoms with van der Waals surface area (Å²) in [4.78, 5) is 14.2. The van der Waals surface area contributed by atoms with Gasteiger partial charge < -0.3 is 9.84 Å². The molecule has 1 N–H and O–H groups in total. The number of carbonyl (C=O) groups excluding carboxylic acids is 1. The van der Waals surface area contributed by atoms with Crippen LogP contribution in [0.1, 0.15) is 35.0 Å². The fraction of sp³-hybridized carbons (Fsp3) is 0.167. The Morgan fingerprint density at radius 2 is 1.70 bits per heavy atom. The summed E-state index contributed by atoms with van der Waals surface area (Å²) in [7, 11) is 0. The molecule has 0 aliphatic heterocycles. The van der Waals surface area contributed by atoms with E-state index in [4.69, 9.17) is 9.62 Å². The molecule has 0 aliphatic rings. The van der Waals surface area contributed by atoms with Crippen molar-refractivity contribution in [2.45, 2.75) is 31.7 Å². The van der Waals surface area contributed by atoms with Crippen LogP contribution in [0.3, 0.4) is 0 Å². The van der Waals surface area contributed by atoms with E-state index in [0.717, 1.165) is 45.8 Å². The van der Waals surface area contributed by atoms with Gasteiger partial charge in [-0.25, -0.2) is 4.68 Å². The van der Waals surface area contributed by atoms with Crippen molar-refractivity contribution in [3.8, 4) is 28.3 Å². The number of aryl methyl sites for hydroxylation is 1. The van der Waals surface area contributed by atoms with E-state index >= 15 is 0 Å². The van der Waals surface area contributed by atoms with E-state index in [2.05, 4.69) is 41.7 Å². The van der Waals surface area contributed by atoms with E-state index in [0.29, 0.717) is 12.3 Å². The molecule has 0 atom stereocenters. The summed E-state index contributed by atoms with van der Waals surface area (Å²) in [6.45, 7) is 4.51. The minimum Gasteiger partial charge on any atom is -0.355 e. The Morgan fingerprint density at radius 1 is 0.973 bits per heavy atom. The molecule has 3 aromatic carbocycles. The van der Waals surface area contributed by atoms with Crippen LogP contribution in [0.4, 0.5) is 0 Å². The van der Waals surface area contributed by atoms with Crippen molar-refractivity contribution in [3.63, 3.8) is 0 Å². The van der Waals surface area contributed by atoms with Gasteiger partial charge >= 0.3 is 0 Å². The van der Waals surface area contributed by atoms with Gasteiger partial charge in [-0.15, -0.1) is 11.8 Å². The molecule has 0 spiro atoms. The lowest BCUT2D eigenvalue weighted by atomic mass is 10.1. The fourth-order valence-electron chi connectivity index (χ4n) is 3.93. The van der Waals surface area contributed by atoms with Gasteiger partial charge in [0.2, 0.25) is 0 Å². The molecular weight excluding hydrogens is 480 g/mol. The van der Waals surface area contributed by atoms with Crippen molar-refractivity contribution in [2.75, 3.05) is 5.75 Å². The third-order valence-electron chi connectivity index (χ3n) is 5.93. The van der Waals surface area contributed by atoms with Crippen molar-refractivity contribution >= 4 is 17.7 Å². The second-order valence-electron chi connectivity index (χ2n) is 8.78. The van der Waals surface area contributed by atoms with Gasteiger partial charge in [0.05, 0.1) is 11.4 Å². The predicted molar refractivity (Wildman–Crippen MR) is 148 cm³/mol. The molecule has 37 heavy (non-hydrogen) atoms. The summed E-state index contributed by atoms with van der Waals surface area (Å²) in [5, 5.41) is 11.8. The summed E-state index contributed by atoms with van der Waals surface area (Å²) in [6, 6.07) is 28.0. The molecule has 0 saturated heterocycles. The maximum Gasteiger partial charge on any atom is 0.273 e. The van der Waals surface area contributed by atoms with Crippen LogP contribution in [0.2, 0.25) is 0 Å². The highest BCUT2D eigenvalue weighted by Gasteiger charge is 2.17. The van der Waals surface area contributed by atoms with Crippen LogP contribution in [0.15, 0.2) is 101 Å². The van der Waals surface area contributed by atoms with Crippen molar-refractivity contribution in [1.29, 1.82) is 0 Å². The van der Waals surface area contributed by atoms with Gasteiger partial charge in [0.1, 0.15) is 0 Å². The largest absolute Gasteiger partial charge is 0.355 e. The molecule has 0 aliphatic carbocycles. The SMILES string of the molecule is CCCSc1ccc(-c2nn(-c3ccccc3)cc2CNC(=O)c2cc(-c3ccc(C)cc3)on2)cc1. The van der Waals surface area contributed by atoms with E-state index in [1.165, 1.54) is 4.90 Å². The first-order chi connectivity index (χ1) is 18.1. The maximum absolute atomic E-state index is 12.9. The number of amides is 1. The predicted octanol–water partition coefficient (Wildman–Crippen LogP) is 6.93. The van der Waals surface area contributed by atoms with Gasteiger partial charge in [-0.3, -0.25) is 4.79 Å². The molecule has 5 aromatic rings. The molecule has 186 valence electrons. The standard InChI is InChI=1S/C30H28N4O2S/c1-3-17-37-26-15-13-23(14-16-26)29-24(20-34(32-29)25-7-5-4-6-8-25)19-31-30(35)27-18-28(36-33-27)22-11-9-21(2)10-12-22/h4-16,18,20H,3,17,19H2,1-2H3,(H,31,35). The molecule has 0 saturated carbocycles. The maximum atomic E-state index is 12.9. The molecule has 0 bridgehead atoms. The van der Waals surface area contributed by atoms with E-state index < -0.39 is 0 Å². The van der Waals surface area contributed by atoms with Gasteiger partial charge in [-0.2, -0.15) is 5.10 Å². The summed E-state index contributed by atoms with van der Waals surface area (Å²) < 4.78 is 7.28. The summed E-state index contributed by atoms with van der Waals surface area (Å²) >= 11 is 1.84. The molecule has 2 heterocycles. The Hall–Kier alpha value is -4.10. The molecule has 1 amide bonds. The number of nitrogens with one attached hydrogen (secondary N) is 1. The van der Waals surface area contributed by atoms with Crippen LogP contribution in [-0.4, -0.2) is 26.6 Å². The highest BCUT2D eigenvalue weighted by atomic mass is 32.2. The molecule has 0 unspecified atom stereocenters. The lowest BCUT2D eigenvalue weighted by Crippen LogP contribution is -2.23. The minimum absolute atomic E-state index is 0.241. The van der Waals surface area contributed by atoms with Crippen molar-refractivity contribution in [1.82, 2.24) is 20.3 Å². The highest BCUT2D eigenvalue weighted by molar-refractivity contribution is 7.99. The van der Waals surface area contributed by atoms with Crippen molar-refractivity contribution in [3.05, 3.63) is 108 Å². The Bertz CT molecular complexity index is 1470. The number of aromatic nitrogens is 3. The first kappa shape index (κ1) is 24.6. The number of para-hydroxylation sites is 1. The first-order valence-electron chi connectivity index (χ1n) is 12.3. The topological polar surface area (TPSA) is 73.0 Å². The molecule has 6 nitrogen and oxygen atoms in total. The third kappa shape index (κ3) is 5.84. The monoisotopic (exact) mass is 508 g/mol. The van der Waals surface area contributed by atoms with Crippen LogP contribution in [0, 0.1) is 6.92 Å². The summed E-state index contributed by atoms with van der Waals surface area (Å²) in [5.74, 6) is 1.35. The zero-order chi connectivity index (χ0) is 25.6. The fourth-order valence-corrected chi connectivity index (χ4v) is 4.69. The number of hydrogen-bond donors (Lipinski definition) is 1. The van der Waals surface area contributed by atoms with Gasteiger partial charge in [-0.05, 0) is 43.4 Å². The van der Waals surface area contributed by atoms with Crippen molar-refractivity contribution < 1.29 is 9.32 Å². The summed E-state index contributed by atoms with van der Waals surface area (Å²) in [5.41, 5.74) is 5.97.